The number of hydrogen-bond acceptors (Lipinski definition) is 6. The third-order valence-corrected chi connectivity index (χ3v) is 6.35. The van der Waals surface area contributed by atoms with Crippen molar-refractivity contribution in [2.45, 2.75) is 38.0 Å². The molecule has 2 aromatic carbocycles. The number of fused-ring (bicyclic) bond motifs is 1. The van der Waals surface area contributed by atoms with Gasteiger partial charge in [-0.3, -0.25) is 9.59 Å². The van der Waals surface area contributed by atoms with Gasteiger partial charge in [0.15, 0.2) is 0 Å². The molecular formula is C23H28N2O7. The number of ether oxygens (including phenoxy) is 1. The Balaban J connectivity index is 1.68. The number of carbonyl (C=O) groups excluding carboxylic acids is 1. The summed E-state index contributed by atoms with van der Waals surface area (Å²) in [5.41, 5.74) is -0.787. The third kappa shape index (κ3) is 5.27. The molecule has 1 fully saturated rings. The quantitative estimate of drug-likeness (QED) is 0.465. The number of benzene rings is 2. The van der Waals surface area contributed by atoms with Gasteiger partial charge in [-0.05, 0) is 66.6 Å². The van der Waals surface area contributed by atoms with Crippen molar-refractivity contribution >= 4 is 22.6 Å². The van der Waals surface area contributed by atoms with Crippen LogP contribution in [0.25, 0.3) is 10.8 Å². The van der Waals surface area contributed by atoms with Crippen LogP contribution in [0.15, 0.2) is 36.4 Å². The molecule has 0 unspecified atom stereocenters. The molecule has 2 aromatic rings. The van der Waals surface area contributed by atoms with Crippen LogP contribution in [0.5, 0.6) is 5.75 Å². The zero-order chi connectivity index (χ0) is 23.3. The molecule has 0 saturated carbocycles. The number of hydrogen-bond donors (Lipinski definition) is 1. The van der Waals surface area contributed by atoms with E-state index in [1.165, 1.54) is 0 Å². The van der Waals surface area contributed by atoms with Crippen LogP contribution < -0.4 is 4.74 Å². The van der Waals surface area contributed by atoms with Gasteiger partial charge < -0.3 is 19.6 Å². The van der Waals surface area contributed by atoms with Gasteiger partial charge in [-0.2, -0.15) is 0 Å². The van der Waals surface area contributed by atoms with E-state index in [-0.39, 0.29) is 24.9 Å². The smallest absolute Gasteiger partial charge is 0.314 e. The highest BCUT2D eigenvalue weighted by atomic mass is 16.9. The normalized spacial score (nSPS) is 16.4. The van der Waals surface area contributed by atoms with Crippen molar-refractivity contribution in [2.75, 3.05) is 26.8 Å². The average molecular weight is 444 g/mol. The molecule has 0 aliphatic carbocycles. The van der Waals surface area contributed by atoms with E-state index in [0.29, 0.717) is 37.9 Å². The highest BCUT2D eigenvalue weighted by Gasteiger charge is 2.39. The van der Waals surface area contributed by atoms with Crippen LogP contribution in [0.2, 0.25) is 0 Å². The predicted molar refractivity (Wildman–Crippen MR) is 117 cm³/mol. The molecule has 0 aromatic heterocycles. The van der Waals surface area contributed by atoms with E-state index in [0.717, 1.165) is 16.5 Å². The number of piperidine rings is 1. The Morgan fingerprint density at radius 3 is 2.47 bits per heavy atom. The Kier molecular flexibility index (Phi) is 7.17. The lowest BCUT2D eigenvalue weighted by atomic mass is 9.78. The molecule has 1 aliphatic rings. The zero-order valence-corrected chi connectivity index (χ0v) is 18.3. The summed E-state index contributed by atoms with van der Waals surface area (Å²) in [7, 11) is 1.59. The lowest BCUT2D eigenvalue weighted by Gasteiger charge is -2.34. The van der Waals surface area contributed by atoms with Gasteiger partial charge in [-0.25, -0.2) is 0 Å². The largest absolute Gasteiger partial charge is 0.497 e. The lowest BCUT2D eigenvalue weighted by molar-refractivity contribution is -0.758. The number of carboxylic acids is 1. The Hall–Kier alpha value is -3.36. The Morgan fingerprint density at radius 1 is 1.19 bits per heavy atom. The predicted octanol–water partition coefficient (Wildman–Crippen LogP) is 3.42. The van der Waals surface area contributed by atoms with Crippen LogP contribution in [0.4, 0.5) is 0 Å². The van der Waals surface area contributed by atoms with E-state index in [4.69, 9.17) is 4.74 Å². The Labute approximate surface area is 186 Å². The lowest BCUT2D eigenvalue weighted by Crippen LogP contribution is -2.44. The van der Waals surface area contributed by atoms with E-state index in [9.17, 15) is 24.8 Å². The second-order valence-corrected chi connectivity index (χ2v) is 8.41. The van der Waals surface area contributed by atoms with E-state index >= 15 is 0 Å². The second-order valence-electron chi connectivity index (χ2n) is 8.41. The molecule has 1 heterocycles. The number of aliphatic carboxylic acids is 1. The summed E-state index contributed by atoms with van der Waals surface area (Å²) in [6, 6.07) is 11.0. The zero-order valence-electron chi connectivity index (χ0n) is 18.3. The minimum absolute atomic E-state index is 0.0521. The molecule has 1 atom stereocenters. The molecule has 0 radical (unpaired) electrons. The van der Waals surface area contributed by atoms with Crippen LogP contribution in [0.1, 0.15) is 38.2 Å². The van der Waals surface area contributed by atoms with Gasteiger partial charge in [0.05, 0.1) is 19.1 Å². The number of nitrogens with zero attached hydrogens (tertiary/aromatic N) is 2. The van der Waals surface area contributed by atoms with E-state index in [1.807, 2.05) is 30.3 Å². The fourth-order valence-corrected chi connectivity index (χ4v) is 4.17. The molecule has 9 nitrogen and oxygen atoms in total. The van der Waals surface area contributed by atoms with Gasteiger partial charge in [0.2, 0.25) is 5.91 Å². The van der Waals surface area contributed by atoms with Crippen molar-refractivity contribution in [1.29, 1.82) is 0 Å². The average Bonchev–Trinajstić information content (AvgIpc) is 2.78. The fraction of sp³-hybridized carbons (Fsp3) is 0.478. The monoisotopic (exact) mass is 444 g/mol. The summed E-state index contributed by atoms with van der Waals surface area (Å²) >= 11 is 0. The Morgan fingerprint density at radius 2 is 1.84 bits per heavy atom. The molecule has 0 bridgehead atoms. The maximum absolute atomic E-state index is 13.0. The third-order valence-electron chi connectivity index (χ3n) is 6.35. The van der Waals surface area contributed by atoms with Crippen molar-refractivity contribution in [3.63, 3.8) is 0 Å². The van der Waals surface area contributed by atoms with Crippen LogP contribution in [-0.2, 0) is 19.8 Å². The highest BCUT2D eigenvalue weighted by Crippen LogP contribution is 2.33. The van der Waals surface area contributed by atoms with Gasteiger partial charge in [0, 0.05) is 19.5 Å². The number of carbonyl (C=O) groups is 2. The van der Waals surface area contributed by atoms with Crippen LogP contribution >= 0.6 is 0 Å². The molecule has 0 spiro atoms. The molecule has 3 rings (SSSR count). The highest BCUT2D eigenvalue weighted by molar-refractivity contribution is 5.91. The summed E-state index contributed by atoms with van der Waals surface area (Å²) in [5.74, 6) is -0.285. The van der Waals surface area contributed by atoms with E-state index in [1.54, 1.807) is 25.0 Å². The molecule has 1 saturated heterocycles. The van der Waals surface area contributed by atoms with Crippen LogP contribution in [0, 0.1) is 16.0 Å². The minimum atomic E-state index is -1.36. The first kappa shape index (κ1) is 23.3. The second kappa shape index (κ2) is 9.84. The molecule has 1 N–H and O–H groups in total. The molecule has 172 valence electrons. The number of rotatable bonds is 9. The van der Waals surface area contributed by atoms with E-state index in [2.05, 4.69) is 4.84 Å². The summed E-state index contributed by atoms with van der Waals surface area (Å²) in [6.45, 7) is 2.65. The SMILES string of the molecule is COc1ccc2cc([C@](C)(CC(=O)N3CCC(CCO[N+](=O)[O-])CC3)C(=O)O)ccc2c1. The van der Waals surface area contributed by atoms with Crippen molar-refractivity contribution in [3.8, 4) is 5.75 Å². The first-order chi connectivity index (χ1) is 15.2. The molecule has 9 heteroatoms. The topological polar surface area (TPSA) is 119 Å². The summed E-state index contributed by atoms with van der Waals surface area (Å²) in [4.78, 5) is 41.6. The maximum Gasteiger partial charge on any atom is 0.314 e. The fourth-order valence-electron chi connectivity index (χ4n) is 4.17. The van der Waals surface area contributed by atoms with Crippen molar-refractivity contribution < 1.29 is 29.4 Å². The summed E-state index contributed by atoms with van der Waals surface area (Å²) in [6.07, 6.45) is 1.86. The van der Waals surface area contributed by atoms with Gasteiger partial charge >= 0.3 is 5.97 Å². The molecule has 1 aliphatic heterocycles. The molecule has 1 amide bonds. The summed E-state index contributed by atoms with van der Waals surface area (Å²) < 4.78 is 5.24. The first-order valence-electron chi connectivity index (χ1n) is 10.6. The summed E-state index contributed by atoms with van der Waals surface area (Å²) in [5, 5.41) is 21.3. The number of carboxylic acid groups (broad SMARTS) is 1. The van der Waals surface area contributed by atoms with Gasteiger partial charge in [0.25, 0.3) is 5.09 Å². The maximum atomic E-state index is 13.0. The Bertz CT molecular complexity index is 1000. The van der Waals surface area contributed by atoms with Crippen LogP contribution in [0.3, 0.4) is 0 Å². The number of methoxy groups -OCH3 is 1. The first-order valence-corrected chi connectivity index (χ1v) is 10.6. The molecular weight excluding hydrogens is 416 g/mol. The van der Waals surface area contributed by atoms with Crippen molar-refractivity contribution in [1.82, 2.24) is 4.90 Å². The van der Waals surface area contributed by atoms with Crippen LogP contribution in [-0.4, -0.2) is 53.8 Å². The van der Waals surface area contributed by atoms with Gasteiger partial charge in [-0.15, -0.1) is 10.1 Å². The number of likely N-dealkylation sites (tertiary alicyclic amines) is 1. The van der Waals surface area contributed by atoms with Crippen molar-refractivity contribution in [2.24, 2.45) is 5.92 Å². The molecule has 32 heavy (non-hydrogen) atoms. The minimum Gasteiger partial charge on any atom is -0.497 e. The van der Waals surface area contributed by atoms with E-state index < -0.39 is 16.5 Å². The number of amides is 1. The van der Waals surface area contributed by atoms with Gasteiger partial charge in [0.1, 0.15) is 5.75 Å². The van der Waals surface area contributed by atoms with Gasteiger partial charge in [-0.1, -0.05) is 18.2 Å². The standard InChI is InChI=1S/C23H28N2O7/c1-23(22(27)28,19-5-3-18-14-20(31-2)6-4-17(18)13-19)15-21(26)24-10-7-16(8-11-24)9-12-32-25(29)30/h3-6,13-14,16H,7-12,15H2,1-2H3,(H,27,28)/t23-/m0/s1. The van der Waals surface area contributed by atoms with Crippen molar-refractivity contribution in [3.05, 3.63) is 52.1 Å².